The lowest BCUT2D eigenvalue weighted by atomic mass is 10.6. The quantitative estimate of drug-likeness (QED) is 0.629. The van der Waals surface area contributed by atoms with E-state index in [1.165, 1.54) is 0 Å². The predicted molar refractivity (Wildman–Crippen MR) is 54.6 cm³/mol. The van der Waals surface area contributed by atoms with E-state index in [1.807, 2.05) is 18.8 Å². The molecule has 0 spiro atoms. The van der Waals surface area contributed by atoms with Gasteiger partial charge in [0.05, 0.1) is 0 Å². The maximum Gasteiger partial charge on any atom is 0.202 e. The van der Waals surface area contributed by atoms with Gasteiger partial charge in [0.2, 0.25) is 6.49 Å². The zero-order valence-corrected chi connectivity index (χ0v) is 9.54. The standard InChI is InChI=1S/C7H18NOPS/c1-5-7-10(9,8(3)4)11-6-2/h5-7H2,1-4H3. The Balaban J connectivity index is 4.14. The molecule has 11 heavy (non-hydrogen) atoms. The molecular weight excluding hydrogens is 177 g/mol. The van der Waals surface area contributed by atoms with Crippen LogP contribution in [-0.4, -0.2) is 30.7 Å². The monoisotopic (exact) mass is 195 g/mol. The summed E-state index contributed by atoms with van der Waals surface area (Å²) in [6, 6.07) is 0. The van der Waals surface area contributed by atoms with Crippen LogP contribution in [0.3, 0.4) is 0 Å². The van der Waals surface area contributed by atoms with Crippen molar-refractivity contribution in [3.63, 3.8) is 0 Å². The molecule has 0 bridgehead atoms. The molecule has 0 aromatic heterocycles. The van der Waals surface area contributed by atoms with Gasteiger partial charge in [-0.1, -0.05) is 25.2 Å². The van der Waals surface area contributed by atoms with Gasteiger partial charge in [0.25, 0.3) is 0 Å². The van der Waals surface area contributed by atoms with Crippen LogP contribution in [0.1, 0.15) is 20.3 Å². The van der Waals surface area contributed by atoms with Crippen molar-refractivity contribution in [1.29, 1.82) is 0 Å². The number of hydrogen-bond donors (Lipinski definition) is 0. The van der Waals surface area contributed by atoms with Crippen LogP contribution in [0.2, 0.25) is 0 Å². The molecule has 0 aliphatic rings. The topological polar surface area (TPSA) is 20.3 Å². The summed E-state index contributed by atoms with van der Waals surface area (Å²) in [5.41, 5.74) is 0. The van der Waals surface area contributed by atoms with Crippen LogP contribution in [0, 0.1) is 0 Å². The molecule has 0 heterocycles. The highest BCUT2D eigenvalue weighted by Gasteiger charge is 2.22. The Morgan fingerprint density at radius 1 is 1.36 bits per heavy atom. The zero-order chi connectivity index (χ0) is 8.91. The van der Waals surface area contributed by atoms with Crippen molar-refractivity contribution in [3.8, 4) is 0 Å². The minimum Gasteiger partial charge on any atom is -0.295 e. The van der Waals surface area contributed by atoms with Crippen molar-refractivity contribution in [2.75, 3.05) is 26.0 Å². The third kappa shape index (κ3) is 3.64. The zero-order valence-electron chi connectivity index (χ0n) is 7.83. The third-order valence-electron chi connectivity index (χ3n) is 1.45. The first-order valence-electron chi connectivity index (χ1n) is 3.98. The fourth-order valence-electron chi connectivity index (χ4n) is 0.864. The Kier molecular flexibility index (Phi) is 5.49. The normalized spacial score (nSPS) is 16.8. The van der Waals surface area contributed by atoms with Gasteiger partial charge in [0.15, 0.2) is 0 Å². The summed E-state index contributed by atoms with van der Waals surface area (Å²) in [6.07, 6.45) is 1.83. The van der Waals surface area contributed by atoms with E-state index in [4.69, 9.17) is 0 Å². The van der Waals surface area contributed by atoms with E-state index in [2.05, 4.69) is 13.8 Å². The second-order valence-electron chi connectivity index (χ2n) is 2.63. The number of hydrogen-bond acceptors (Lipinski definition) is 2. The maximum atomic E-state index is 12.0. The molecule has 4 heteroatoms. The first kappa shape index (κ1) is 11.5. The van der Waals surface area contributed by atoms with E-state index in [1.54, 1.807) is 11.4 Å². The van der Waals surface area contributed by atoms with E-state index in [0.717, 1.165) is 18.3 Å². The molecule has 0 saturated heterocycles. The molecule has 2 nitrogen and oxygen atoms in total. The van der Waals surface area contributed by atoms with Gasteiger partial charge in [-0.25, -0.2) is 0 Å². The number of nitrogens with zero attached hydrogens (tertiary/aromatic N) is 1. The van der Waals surface area contributed by atoms with Gasteiger partial charge in [-0.3, -0.25) is 9.24 Å². The Morgan fingerprint density at radius 3 is 2.18 bits per heavy atom. The lowest BCUT2D eigenvalue weighted by Gasteiger charge is -2.22. The fourth-order valence-corrected chi connectivity index (χ4v) is 5.43. The minimum absolute atomic E-state index is 0.832. The molecule has 0 aromatic rings. The summed E-state index contributed by atoms with van der Waals surface area (Å²) in [7, 11) is 3.80. The molecule has 0 N–H and O–H groups in total. The van der Waals surface area contributed by atoms with Crippen molar-refractivity contribution in [2.45, 2.75) is 20.3 Å². The summed E-state index contributed by atoms with van der Waals surface area (Å²) in [5, 5.41) is 0. The largest absolute Gasteiger partial charge is 0.295 e. The molecule has 1 unspecified atom stereocenters. The van der Waals surface area contributed by atoms with Crippen molar-refractivity contribution in [2.24, 2.45) is 0 Å². The fraction of sp³-hybridized carbons (Fsp3) is 1.00. The minimum atomic E-state index is -2.04. The molecule has 0 fully saturated rings. The van der Waals surface area contributed by atoms with Gasteiger partial charge in [-0.15, -0.1) is 0 Å². The molecule has 0 saturated carbocycles. The summed E-state index contributed by atoms with van der Waals surface area (Å²) in [4.78, 5) is 0. The van der Waals surface area contributed by atoms with E-state index in [0.29, 0.717) is 0 Å². The SMILES string of the molecule is CCCP(=O)(SCC)N(C)C. The molecule has 0 aliphatic carbocycles. The smallest absolute Gasteiger partial charge is 0.202 e. The van der Waals surface area contributed by atoms with Crippen molar-refractivity contribution in [3.05, 3.63) is 0 Å². The summed E-state index contributed by atoms with van der Waals surface area (Å²) in [5.74, 6) is 0.940. The van der Waals surface area contributed by atoms with E-state index in [9.17, 15) is 4.57 Å². The molecule has 1 atom stereocenters. The lowest BCUT2D eigenvalue weighted by Crippen LogP contribution is -2.08. The van der Waals surface area contributed by atoms with Crippen molar-refractivity contribution >= 4 is 17.9 Å². The van der Waals surface area contributed by atoms with Crippen LogP contribution < -0.4 is 0 Å². The van der Waals surface area contributed by atoms with Gasteiger partial charge in [-0.2, -0.15) is 0 Å². The van der Waals surface area contributed by atoms with Crippen LogP contribution in [0.4, 0.5) is 0 Å². The predicted octanol–water partition coefficient (Wildman–Crippen LogP) is 2.90. The number of rotatable bonds is 5. The van der Waals surface area contributed by atoms with Crippen LogP contribution in [0.15, 0.2) is 0 Å². The van der Waals surface area contributed by atoms with Crippen molar-refractivity contribution in [1.82, 2.24) is 4.67 Å². The van der Waals surface area contributed by atoms with Crippen LogP contribution in [-0.2, 0) is 4.57 Å². The molecule has 0 rings (SSSR count). The highest BCUT2D eigenvalue weighted by atomic mass is 32.7. The lowest BCUT2D eigenvalue weighted by molar-refractivity contribution is 0.529. The Morgan fingerprint density at radius 2 is 1.91 bits per heavy atom. The average molecular weight is 195 g/mol. The molecule has 0 aliphatic heterocycles. The van der Waals surface area contributed by atoms with E-state index < -0.39 is 6.49 Å². The van der Waals surface area contributed by atoms with Gasteiger partial charge in [0.1, 0.15) is 0 Å². The Labute approximate surface area is 73.9 Å². The molecule has 0 radical (unpaired) electrons. The van der Waals surface area contributed by atoms with Gasteiger partial charge < -0.3 is 0 Å². The first-order chi connectivity index (χ1) is 5.06. The average Bonchev–Trinajstić information content (AvgIpc) is 1.88. The van der Waals surface area contributed by atoms with Crippen molar-refractivity contribution < 1.29 is 4.57 Å². The molecule has 0 amide bonds. The third-order valence-corrected chi connectivity index (χ3v) is 7.85. The van der Waals surface area contributed by atoms with Crippen LogP contribution in [0.5, 0.6) is 0 Å². The summed E-state index contributed by atoms with van der Waals surface area (Å²) in [6.45, 7) is 2.09. The summed E-state index contributed by atoms with van der Waals surface area (Å²) >= 11 is 1.59. The molecule has 0 aromatic carbocycles. The van der Waals surface area contributed by atoms with Crippen LogP contribution >= 0.6 is 17.9 Å². The maximum absolute atomic E-state index is 12.0. The molecular formula is C7H18NOPS. The highest BCUT2D eigenvalue weighted by Crippen LogP contribution is 2.60. The first-order valence-corrected chi connectivity index (χ1v) is 7.41. The van der Waals surface area contributed by atoms with E-state index >= 15 is 0 Å². The highest BCUT2D eigenvalue weighted by molar-refractivity contribution is 8.57. The van der Waals surface area contributed by atoms with Crippen LogP contribution in [0.25, 0.3) is 0 Å². The van der Waals surface area contributed by atoms with Gasteiger partial charge in [-0.05, 0) is 26.3 Å². The Bertz CT molecular complexity index is 139. The van der Waals surface area contributed by atoms with Gasteiger partial charge >= 0.3 is 0 Å². The molecule has 68 valence electrons. The second-order valence-corrected chi connectivity index (χ2v) is 8.47. The summed E-state index contributed by atoms with van der Waals surface area (Å²) < 4.78 is 13.9. The van der Waals surface area contributed by atoms with E-state index in [-0.39, 0.29) is 0 Å². The van der Waals surface area contributed by atoms with Gasteiger partial charge in [0, 0.05) is 6.16 Å². The Hall–Kier alpha value is 0.540. The second kappa shape index (κ2) is 5.23.